The number of rotatable bonds is 1. The molecule has 0 saturated carbocycles. The molecule has 7 heteroatoms. The minimum atomic E-state index is -1.51. The first kappa shape index (κ1) is 18.5. The summed E-state index contributed by atoms with van der Waals surface area (Å²) in [7, 11) is -1.51. The zero-order valence-electron chi connectivity index (χ0n) is 12.8. The number of para-hydroxylation sites is 2. The molecule has 126 valence electrons. The van der Waals surface area contributed by atoms with Gasteiger partial charge in [-0.3, -0.25) is 0 Å². The number of hydrogen-bond acceptors (Lipinski definition) is 3. The van der Waals surface area contributed by atoms with E-state index in [-0.39, 0.29) is 0 Å². The van der Waals surface area contributed by atoms with Crippen LogP contribution in [0.2, 0.25) is 5.02 Å². The van der Waals surface area contributed by atoms with Crippen molar-refractivity contribution in [2.45, 2.75) is 0 Å². The molecular formula is C18H12BBr2ClO3. The highest BCUT2D eigenvalue weighted by Gasteiger charge is 2.18. The van der Waals surface area contributed by atoms with Crippen molar-refractivity contribution in [2.75, 3.05) is 0 Å². The van der Waals surface area contributed by atoms with Crippen molar-refractivity contribution in [3.63, 3.8) is 0 Å². The van der Waals surface area contributed by atoms with E-state index < -0.39 is 7.12 Å². The minimum Gasteiger partial charge on any atom is -0.456 e. The summed E-state index contributed by atoms with van der Waals surface area (Å²) in [4.78, 5) is 0. The van der Waals surface area contributed by atoms with Crippen molar-refractivity contribution >= 4 is 78.0 Å². The third kappa shape index (κ3) is 4.27. The fraction of sp³-hybridized carbons (Fsp3) is 0. The smallest absolute Gasteiger partial charge is 0.456 e. The Morgan fingerprint density at radius 3 is 2.12 bits per heavy atom. The second kappa shape index (κ2) is 7.93. The van der Waals surface area contributed by atoms with E-state index in [0.717, 1.165) is 30.3 Å². The van der Waals surface area contributed by atoms with E-state index in [1.807, 2.05) is 48.5 Å². The molecule has 0 saturated heterocycles. The lowest BCUT2D eigenvalue weighted by atomic mass is 9.79. The molecule has 0 radical (unpaired) electrons. The van der Waals surface area contributed by atoms with Crippen LogP contribution in [-0.4, -0.2) is 17.2 Å². The molecule has 3 nitrogen and oxygen atoms in total. The van der Waals surface area contributed by atoms with Gasteiger partial charge in [-0.2, -0.15) is 0 Å². The first-order valence-electron chi connectivity index (χ1n) is 7.33. The van der Waals surface area contributed by atoms with Gasteiger partial charge in [0.25, 0.3) is 0 Å². The quantitative estimate of drug-likeness (QED) is 0.370. The van der Waals surface area contributed by atoms with Gasteiger partial charge in [-0.05, 0) is 24.3 Å². The molecule has 0 unspecified atom stereocenters. The number of benzene rings is 3. The van der Waals surface area contributed by atoms with Crippen molar-refractivity contribution in [3.8, 4) is 0 Å². The van der Waals surface area contributed by atoms with Crippen LogP contribution in [0.15, 0.2) is 74.0 Å². The predicted octanol–water partition coefficient (Wildman–Crippen LogP) is 5.13. The van der Waals surface area contributed by atoms with Crippen molar-refractivity contribution in [1.82, 2.24) is 0 Å². The Bertz CT molecular complexity index is 983. The highest BCUT2D eigenvalue weighted by Crippen LogP contribution is 2.27. The van der Waals surface area contributed by atoms with E-state index in [9.17, 15) is 10.0 Å². The van der Waals surface area contributed by atoms with Gasteiger partial charge in [-0.1, -0.05) is 79.9 Å². The Morgan fingerprint density at radius 2 is 1.48 bits per heavy atom. The predicted molar refractivity (Wildman–Crippen MR) is 110 cm³/mol. The van der Waals surface area contributed by atoms with Crippen LogP contribution in [0.4, 0.5) is 0 Å². The lowest BCUT2D eigenvalue weighted by molar-refractivity contribution is 0.425. The first-order chi connectivity index (χ1) is 12.0. The fourth-order valence-electron chi connectivity index (χ4n) is 2.49. The van der Waals surface area contributed by atoms with Crippen LogP contribution in [-0.2, 0) is 0 Å². The lowest BCUT2D eigenvalue weighted by Crippen LogP contribution is -2.29. The highest BCUT2D eigenvalue weighted by atomic mass is 79.9. The molecule has 0 aliphatic heterocycles. The van der Waals surface area contributed by atoms with E-state index >= 15 is 0 Å². The Kier molecular flexibility index (Phi) is 5.87. The summed E-state index contributed by atoms with van der Waals surface area (Å²) in [6.07, 6.45) is 0. The SMILES string of the molecule is Clc1cc(Br)cc(Br)c1.OB(O)c1cccc2c1oc1ccccc12. The topological polar surface area (TPSA) is 53.6 Å². The maximum Gasteiger partial charge on any atom is 0.492 e. The Hall–Kier alpha value is -1.31. The van der Waals surface area contributed by atoms with Gasteiger partial charge in [-0.25, -0.2) is 0 Å². The van der Waals surface area contributed by atoms with Crippen molar-refractivity contribution in [1.29, 1.82) is 0 Å². The third-order valence-electron chi connectivity index (χ3n) is 3.54. The molecule has 0 aliphatic carbocycles. The van der Waals surface area contributed by atoms with Crippen molar-refractivity contribution < 1.29 is 14.5 Å². The average Bonchev–Trinajstić information content (AvgIpc) is 2.92. The molecule has 0 fully saturated rings. The van der Waals surface area contributed by atoms with Crippen LogP contribution < -0.4 is 5.46 Å². The van der Waals surface area contributed by atoms with E-state index in [4.69, 9.17) is 16.0 Å². The fourth-order valence-corrected chi connectivity index (χ4v) is 4.28. The summed E-state index contributed by atoms with van der Waals surface area (Å²) in [5.74, 6) is 0. The summed E-state index contributed by atoms with van der Waals surface area (Å²) in [5.41, 5.74) is 1.69. The van der Waals surface area contributed by atoms with Gasteiger partial charge in [0.05, 0.1) is 0 Å². The largest absolute Gasteiger partial charge is 0.492 e. The average molecular weight is 482 g/mol. The van der Waals surface area contributed by atoms with Gasteiger partial charge >= 0.3 is 7.12 Å². The summed E-state index contributed by atoms with van der Waals surface area (Å²) in [6.45, 7) is 0. The van der Waals surface area contributed by atoms with Crippen LogP contribution in [0, 0.1) is 0 Å². The zero-order valence-corrected chi connectivity index (χ0v) is 16.7. The number of hydrogen-bond donors (Lipinski definition) is 2. The molecular weight excluding hydrogens is 470 g/mol. The Morgan fingerprint density at radius 1 is 0.840 bits per heavy atom. The lowest BCUT2D eigenvalue weighted by Gasteiger charge is -1.98. The van der Waals surface area contributed by atoms with Crippen LogP contribution in [0.5, 0.6) is 0 Å². The monoisotopic (exact) mass is 480 g/mol. The van der Waals surface area contributed by atoms with E-state index in [2.05, 4.69) is 31.9 Å². The summed E-state index contributed by atoms with van der Waals surface area (Å²) in [5, 5.41) is 21.1. The van der Waals surface area contributed by atoms with Gasteiger partial charge in [0.2, 0.25) is 0 Å². The summed E-state index contributed by atoms with van der Waals surface area (Å²) in [6, 6.07) is 18.6. The number of furan rings is 1. The second-order valence-electron chi connectivity index (χ2n) is 5.28. The van der Waals surface area contributed by atoms with Gasteiger partial charge in [-0.15, -0.1) is 0 Å². The second-order valence-corrected chi connectivity index (χ2v) is 7.55. The van der Waals surface area contributed by atoms with Crippen LogP contribution in [0.1, 0.15) is 0 Å². The van der Waals surface area contributed by atoms with Gasteiger partial charge in [0.15, 0.2) is 0 Å². The first-order valence-corrected chi connectivity index (χ1v) is 9.30. The Balaban J connectivity index is 0.000000173. The maximum atomic E-state index is 9.24. The summed E-state index contributed by atoms with van der Waals surface area (Å²) >= 11 is 12.3. The van der Waals surface area contributed by atoms with Crippen molar-refractivity contribution in [2.24, 2.45) is 0 Å². The maximum absolute atomic E-state index is 9.24. The normalized spacial score (nSPS) is 10.6. The molecule has 0 amide bonds. The summed E-state index contributed by atoms with van der Waals surface area (Å²) < 4.78 is 7.60. The van der Waals surface area contributed by atoms with E-state index in [1.54, 1.807) is 12.1 Å². The molecule has 0 atom stereocenters. The van der Waals surface area contributed by atoms with Gasteiger partial charge in [0, 0.05) is 30.2 Å². The van der Waals surface area contributed by atoms with E-state index in [0.29, 0.717) is 11.0 Å². The number of fused-ring (bicyclic) bond motifs is 3. The minimum absolute atomic E-state index is 0.397. The molecule has 0 aliphatic rings. The molecule has 1 heterocycles. The van der Waals surface area contributed by atoms with Gasteiger partial charge < -0.3 is 14.5 Å². The highest BCUT2D eigenvalue weighted by molar-refractivity contribution is 9.11. The van der Waals surface area contributed by atoms with Crippen LogP contribution >= 0.6 is 43.5 Å². The molecule has 4 rings (SSSR count). The molecule has 2 N–H and O–H groups in total. The molecule has 25 heavy (non-hydrogen) atoms. The molecule has 3 aromatic carbocycles. The van der Waals surface area contributed by atoms with Crippen molar-refractivity contribution in [3.05, 3.63) is 74.6 Å². The van der Waals surface area contributed by atoms with Crippen LogP contribution in [0.25, 0.3) is 21.9 Å². The van der Waals surface area contributed by atoms with E-state index in [1.165, 1.54) is 0 Å². The zero-order chi connectivity index (χ0) is 18.0. The molecule has 0 bridgehead atoms. The molecule has 4 aromatic rings. The third-order valence-corrected chi connectivity index (χ3v) is 4.67. The Labute approximate surface area is 166 Å². The molecule has 0 spiro atoms. The standard InChI is InChI=1S/C12H9BO3.C6H3Br2Cl/c14-13(15)10-6-3-5-9-8-4-1-2-7-11(8)16-12(9)10;7-4-1-5(8)3-6(9)2-4/h1-7,14-15H;1-3H. The molecule has 1 aromatic heterocycles. The van der Waals surface area contributed by atoms with Gasteiger partial charge in [0.1, 0.15) is 11.2 Å². The number of halogens is 3. The van der Waals surface area contributed by atoms with Crippen LogP contribution in [0.3, 0.4) is 0 Å².